The van der Waals surface area contributed by atoms with E-state index >= 15 is 0 Å². The Balaban J connectivity index is 3.06. The highest BCUT2D eigenvalue weighted by molar-refractivity contribution is 7.84. The number of hydrogen-bond acceptors (Lipinski definition) is 3. The Labute approximate surface area is 57.2 Å². The predicted molar refractivity (Wildman–Crippen MR) is 36.7 cm³/mol. The summed E-state index contributed by atoms with van der Waals surface area (Å²) in [4.78, 5) is 0. The second-order valence-corrected chi connectivity index (χ2v) is 3.34. The van der Waals surface area contributed by atoms with Crippen LogP contribution in [0.4, 0.5) is 0 Å². The first-order valence-corrected chi connectivity index (χ1v) is 4.36. The summed E-state index contributed by atoms with van der Waals surface area (Å²) < 4.78 is 10.6. The van der Waals surface area contributed by atoms with Gasteiger partial charge in [0.25, 0.3) is 0 Å². The average Bonchev–Trinajstić information content (AvgIpc) is 1.85. The van der Waals surface area contributed by atoms with Gasteiger partial charge in [0.2, 0.25) is 0 Å². The smallest absolute Gasteiger partial charge is 0.0546 e. The molecule has 0 radical (unpaired) electrons. The van der Waals surface area contributed by atoms with Crippen LogP contribution in [0.25, 0.3) is 0 Å². The molecule has 0 heterocycles. The minimum absolute atomic E-state index is 0.0297. The molecule has 0 spiro atoms. The van der Waals surface area contributed by atoms with E-state index in [-0.39, 0.29) is 13.2 Å². The van der Waals surface area contributed by atoms with Gasteiger partial charge < -0.3 is 10.2 Å². The van der Waals surface area contributed by atoms with E-state index < -0.39 is 10.8 Å². The Morgan fingerprint density at radius 1 is 1.11 bits per heavy atom. The summed E-state index contributed by atoms with van der Waals surface area (Å²) >= 11 is 0. The predicted octanol–water partition coefficient (Wildman–Crippen LogP) is -0.890. The van der Waals surface area contributed by atoms with Gasteiger partial charge in [-0.25, -0.2) is 0 Å². The van der Waals surface area contributed by atoms with Crippen molar-refractivity contribution in [3.63, 3.8) is 0 Å². The van der Waals surface area contributed by atoms with Crippen molar-refractivity contribution in [2.45, 2.75) is 6.42 Å². The first kappa shape index (κ1) is 9.07. The van der Waals surface area contributed by atoms with Gasteiger partial charge in [-0.3, -0.25) is 4.21 Å². The second-order valence-electron chi connectivity index (χ2n) is 1.65. The fraction of sp³-hybridized carbons (Fsp3) is 1.00. The molecule has 0 aliphatic carbocycles. The lowest BCUT2D eigenvalue weighted by molar-refractivity contribution is 0.295. The molecule has 0 aromatic rings. The first-order valence-electron chi connectivity index (χ1n) is 2.88. The third-order valence-electron chi connectivity index (χ3n) is 0.849. The number of hydrogen-bond donors (Lipinski definition) is 2. The van der Waals surface area contributed by atoms with Crippen LogP contribution in [0, 0.1) is 0 Å². The largest absolute Gasteiger partial charge is 0.396 e. The summed E-state index contributed by atoms with van der Waals surface area (Å²) in [5.41, 5.74) is 0. The van der Waals surface area contributed by atoms with Crippen molar-refractivity contribution in [3.8, 4) is 0 Å². The molecule has 1 atom stereocenters. The van der Waals surface area contributed by atoms with Crippen LogP contribution in [0.2, 0.25) is 0 Å². The van der Waals surface area contributed by atoms with Gasteiger partial charge in [0.15, 0.2) is 0 Å². The Bertz CT molecular complexity index is 84.3. The summed E-state index contributed by atoms with van der Waals surface area (Å²) in [5, 5.41) is 16.6. The van der Waals surface area contributed by atoms with Gasteiger partial charge in [-0.2, -0.15) is 0 Å². The van der Waals surface area contributed by atoms with Crippen molar-refractivity contribution in [2.24, 2.45) is 0 Å². The van der Waals surface area contributed by atoms with E-state index in [1.165, 1.54) is 0 Å². The zero-order valence-corrected chi connectivity index (χ0v) is 6.06. The Hall–Kier alpha value is 0.0700. The minimum Gasteiger partial charge on any atom is -0.396 e. The second kappa shape index (κ2) is 6.19. The highest BCUT2D eigenvalue weighted by Gasteiger charge is 1.95. The lowest BCUT2D eigenvalue weighted by atomic mass is 10.5. The summed E-state index contributed by atoms with van der Waals surface area (Å²) in [6.45, 7) is 0.0508. The van der Waals surface area contributed by atoms with Gasteiger partial charge in [-0.05, 0) is 6.42 Å². The third kappa shape index (κ3) is 5.95. The zero-order valence-electron chi connectivity index (χ0n) is 5.25. The average molecular weight is 152 g/mol. The van der Waals surface area contributed by atoms with Crippen LogP contribution in [0.1, 0.15) is 6.42 Å². The molecule has 56 valence electrons. The molecule has 1 unspecified atom stereocenters. The fourth-order valence-corrected chi connectivity index (χ4v) is 1.29. The number of rotatable bonds is 5. The molecule has 0 aliphatic rings. The first-order chi connectivity index (χ1) is 4.31. The SMILES string of the molecule is O=S(CCO)CCCO. The maximum absolute atomic E-state index is 10.6. The molecule has 0 aromatic carbocycles. The summed E-state index contributed by atoms with van der Waals surface area (Å²) in [6, 6.07) is 0. The maximum atomic E-state index is 10.6. The van der Waals surface area contributed by atoms with Crippen molar-refractivity contribution >= 4 is 10.8 Å². The summed E-state index contributed by atoms with van der Waals surface area (Å²) in [5.74, 6) is 0.830. The van der Waals surface area contributed by atoms with E-state index in [4.69, 9.17) is 10.2 Å². The van der Waals surface area contributed by atoms with E-state index in [2.05, 4.69) is 0 Å². The maximum Gasteiger partial charge on any atom is 0.0546 e. The molecule has 0 saturated carbocycles. The molecular weight excluding hydrogens is 140 g/mol. The van der Waals surface area contributed by atoms with Crippen LogP contribution in [0.5, 0.6) is 0 Å². The molecule has 0 aromatic heterocycles. The van der Waals surface area contributed by atoms with E-state index in [1.54, 1.807) is 0 Å². The molecule has 9 heavy (non-hydrogen) atoms. The van der Waals surface area contributed by atoms with Crippen LogP contribution in [-0.2, 0) is 10.8 Å². The quantitative estimate of drug-likeness (QED) is 0.537. The normalized spacial score (nSPS) is 13.6. The monoisotopic (exact) mass is 152 g/mol. The van der Waals surface area contributed by atoms with Crippen molar-refractivity contribution in [1.82, 2.24) is 0 Å². The van der Waals surface area contributed by atoms with Gasteiger partial charge >= 0.3 is 0 Å². The van der Waals surface area contributed by atoms with Crippen LogP contribution in [0.15, 0.2) is 0 Å². The summed E-state index contributed by atoms with van der Waals surface area (Å²) in [6.07, 6.45) is 0.562. The standard InChI is InChI=1S/C5H12O3S/c6-2-1-4-9(8)5-3-7/h6-7H,1-5H2. The van der Waals surface area contributed by atoms with Crippen LogP contribution < -0.4 is 0 Å². The Morgan fingerprint density at radius 3 is 2.22 bits per heavy atom. The Morgan fingerprint density at radius 2 is 1.78 bits per heavy atom. The molecule has 3 nitrogen and oxygen atoms in total. The van der Waals surface area contributed by atoms with E-state index in [1.807, 2.05) is 0 Å². The van der Waals surface area contributed by atoms with Crippen molar-refractivity contribution in [3.05, 3.63) is 0 Å². The van der Waals surface area contributed by atoms with E-state index in [0.29, 0.717) is 17.9 Å². The molecule has 0 amide bonds. The van der Waals surface area contributed by atoms with E-state index in [0.717, 1.165) is 0 Å². The minimum atomic E-state index is -0.930. The van der Waals surface area contributed by atoms with Gasteiger partial charge in [0.05, 0.1) is 6.61 Å². The van der Waals surface area contributed by atoms with Crippen LogP contribution in [0.3, 0.4) is 0 Å². The van der Waals surface area contributed by atoms with Gasteiger partial charge in [-0.15, -0.1) is 0 Å². The molecule has 0 bridgehead atoms. The van der Waals surface area contributed by atoms with Crippen molar-refractivity contribution in [1.29, 1.82) is 0 Å². The van der Waals surface area contributed by atoms with Gasteiger partial charge in [0.1, 0.15) is 0 Å². The summed E-state index contributed by atoms with van der Waals surface area (Å²) in [7, 11) is -0.930. The molecule has 0 rings (SSSR count). The van der Waals surface area contributed by atoms with Gasteiger partial charge in [0, 0.05) is 28.9 Å². The molecule has 4 heteroatoms. The zero-order chi connectivity index (χ0) is 7.11. The van der Waals surface area contributed by atoms with Crippen LogP contribution in [-0.4, -0.2) is 39.1 Å². The molecule has 0 fully saturated rings. The van der Waals surface area contributed by atoms with Crippen molar-refractivity contribution in [2.75, 3.05) is 24.7 Å². The number of aliphatic hydroxyl groups excluding tert-OH is 2. The Kier molecular flexibility index (Phi) is 6.24. The number of aliphatic hydroxyl groups is 2. The topological polar surface area (TPSA) is 57.5 Å². The highest BCUT2D eigenvalue weighted by atomic mass is 32.2. The molecule has 0 saturated heterocycles. The van der Waals surface area contributed by atoms with Gasteiger partial charge in [-0.1, -0.05) is 0 Å². The molecule has 0 aliphatic heterocycles. The van der Waals surface area contributed by atoms with Crippen molar-refractivity contribution < 1.29 is 14.4 Å². The van der Waals surface area contributed by atoms with E-state index in [9.17, 15) is 4.21 Å². The third-order valence-corrected chi connectivity index (χ3v) is 2.23. The molecule has 2 N–H and O–H groups in total. The highest BCUT2D eigenvalue weighted by Crippen LogP contribution is 1.85. The fourth-order valence-electron chi connectivity index (χ4n) is 0.429. The lowest BCUT2D eigenvalue weighted by Gasteiger charge is -1.95. The van der Waals surface area contributed by atoms with Crippen LogP contribution >= 0.6 is 0 Å². The molecular formula is C5H12O3S. The lowest BCUT2D eigenvalue weighted by Crippen LogP contribution is -2.06.